The third kappa shape index (κ3) is 3.37. The zero-order valence-electron chi connectivity index (χ0n) is 11.1. The molecule has 0 amide bonds. The number of anilines is 1. The Balaban J connectivity index is 2.11. The number of oxime groups is 1. The largest absolute Gasteiger partial charge is 0.409 e. The number of hydrogen-bond donors (Lipinski definition) is 2. The second kappa shape index (κ2) is 5.79. The number of nitrogens with two attached hydrogens (primary N) is 1. The van der Waals surface area contributed by atoms with Crippen molar-refractivity contribution in [3.8, 4) is 0 Å². The molecule has 0 saturated carbocycles. The summed E-state index contributed by atoms with van der Waals surface area (Å²) in [5, 5.41) is 11.3. The van der Waals surface area contributed by atoms with Gasteiger partial charge in [-0.05, 0) is 31.0 Å². The van der Waals surface area contributed by atoms with Gasteiger partial charge in [-0.25, -0.2) is 4.39 Å². The zero-order chi connectivity index (χ0) is 15.6. The van der Waals surface area contributed by atoms with Gasteiger partial charge in [-0.15, -0.1) is 0 Å². The minimum Gasteiger partial charge on any atom is -0.409 e. The van der Waals surface area contributed by atoms with Gasteiger partial charge in [0.15, 0.2) is 5.84 Å². The SMILES string of the molecule is NC(=NO)c1ccc(N2CCC(C(F)(F)F)CC2)c(F)c1. The van der Waals surface area contributed by atoms with Crippen LogP contribution < -0.4 is 10.6 Å². The summed E-state index contributed by atoms with van der Waals surface area (Å²) in [6, 6.07) is 3.99. The number of rotatable bonds is 2. The molecule has 1 fully saturated rings. The van der Waals surface area contributed by atoms with Crippen LogP contribution in [0.15, 0.2) is 23.4 Å². The molecule has 116 valence electrons. The van der Waals surface area contributed by atoms with Crippen molar-refractivity contribution in [2.75, 3.05) is 18.0 Å². The Labute approximate surface area is 118 Å². The van der Waals surface area contributed by atoms with E-state index in [1.165, 1.54) is 12.1 Å². The summed E-state index contributed by atoms with van der Waals surface area (Å²) in [6.45, 7) is 0.286. The fraction of sp³-hybridized carbons (Fsp3) is 0.462. The van der Waals surface area contributed by atoms with Crippen molar-refractivity contribution >= 4 is 11.5 Å². The number of hydrogen-bond acceptors (Lipinski definition) is 3. The van der Waals surface area contributed by atoms with Gasteiger partial charge in [-0.2, -0.15) is 13.2 Å². The Morgan fingerprint density at radius 2 is 1.90 bits per heavy atom. The minimum absolute atomic E-state index is 0.0507. The van der Waals surface area contributed by atoms with E-state index in [1.54, 1.807) is 4.90 Å². The van der Waals surface area contributed by atoms with Crippen LogP contribution in [0.4, 0.5) is 23.2 Å². The molecule has 1 heterocycles. The summed E-state index contributed by atoms with van der Waals surface area (Å²) in [5.74, 6) is -2.16. The number of piperidine rings is 1. The van der Waals surface area contributed by atoms with E-state index in [9.17, 15) is 17.6 Å². The standard InChI is InChI=1S/C13H15F4N3O/c14-10-7-8(12(18)19-21)1-2-11(10)20-5-3-9(4-6-20)13(15,16)17/h1-2,7,9,21H,3-6H2,(H2,18,19). The zero-order valence-corrected chi connectivity index (χ0v) is 11.1. The smallest absolute Gasteiger partial charge is 0.391 e. The first-order valence-corrected chi connectivity index (χ1v) is 6.42. The third-order valence-corrected chi connectivity index (χ3v) is 3.65. The Kier molecular flexibility index (Phi) is 4.24. The molecule has 1 aliphatic heterocycles. The van der Waals surface area contributed by atoms with Crippen LogP contribution in [0.5, 0.6) is 0 Å². The lowest BCUT2D eigenvalue weighted by Crippen LogP contribution is -2.39. The van der Waals surface area contributed by atoms with Gasteiger partial charge < -0.3 is 15.8 Å². The van der Waals surface area contributed by atoms with Crippen LogP contribution in [0.3, 0.4) is 0 Å². The minimum atomic E-state index is -4.19. The maximum Gasteiger partial charge on any atom is 0.391 e. The van der Waals surface area contributed by atoms with Crippen molar-refractivity contribution in [1.29, 1.82) is 0 Å². The van der Waals surface area contributed by atoms with Gasteiger partial charge in [0.2, 0.25) is 0 Å². The highest BCUT2D eigenvalue weighted by Gasteiger charge is 2.41. The molecule has 3 N–H and O–H groups in total. The molecule has 21 heavy (non-hydrogen) atoms. The molecule has 0 unspecified atom stereocenters. The lowest BCUT2D eigenvalue weighted by Gasteiger charge is -2.34. The molecule has 8 heteroatoms. The van der Waals surface area contributed by atoms with Crippen LogP contribution in [0.2, 0.25) is 0 Å². The molecule has 1 saturated heterocycles. The molecule has 0 aromatic heterocycles. The Bertz CT molecular complexity index is 537. The van der Waals surface area contributed by atoms with Gasteiger partial charge in [0, 0.05) is 18.7 Å². The van der Waals surface area contributed by atoms with Crippen LogP contribution in [0.25, 0.3) is 0 Å². The average molecular weight is 305 g/mol. The third-order valence-electron chi connectivity index (χ3n) is 3.65. The highest BCUT2D eigenvalue weighted by Crippen LogP contribution is 2.35. The molecule has 4 nitrogen and oxygen atoms in total. The van der Waals surface area contributed by atoms with E-state index < -0.39 is 17.9 Å². The summed E-state index contributed by atoms with van der Waals surface area (Å²) in [4.78, 5) is 1.58. The lowest BCUT2D eigenvalue weighted by atomic mass is 9.96. The van der Waals surface area contributed by atoms with Crippen molar-refractivity contribution in [1.82, 2.24) is 0 Å². The van der Waals surface area contributed by atoms with E-state index in [0.717, 1.165) is 6.07 Å². The van der Waals surface area contributed by atoms with Crippen LogP contribution >= 0.6 is 0 Å². The molecular weight excluding hydrogens is 290 g/mol. The Morgan fingerprint density at radius 3 is 2.38 bits per heavy atom. The van der Waals surface area contributed by atoms with E-state index in [1.807, 2.05) is 0 Å². The molecule has 0 bridgehead atoms. The van der Waals surface area contributed by atoms with Gasteiger partial charge in [0.1, 0.15) is 5.82 Å². The molecule has 0 aliphatic carbocycles. The molecule has 1 aromatic carbocycles. The van der Waals surface area contributed by atoms with E-state index in [4.69, 9.17) is 10.9 Å². The Morgan fingerprint density at radius 1 is 1.29 bits per heavy atom. The highest BCUT2D eigenvalue weighted by atomic mass is 19.4. The average Bonchev–Trinajstić information content (AvgIpc) is 2.45. The highest BCUT2D eigenvalue weighted by molar-refractivity contribution is 5.97. The van der Waals surface area contributed by atoms with Crippen molar-refractivity contribution in [2.24, 2.45) is 16.8 Å². The fourth-order valence-corrected chi connectivity index (χ4v) is 2.43. The van der Waals surface area contributed by atoms with Gasteiger partial charge in [0.25, 0.3) is 0 Å². The lowest BCUT2D eigenvalue weighted by molar-refractivity contribution is -0.179. The second-order valence-electron chi connectivity index (χ2n) is 4.95. The topological polar surface area (TPSA) is 61.9 Å². The molecule has 0 spiro atoms. The maximum atomic E-state index is 14.0. The van der Waals surface area contributed by atoms with Crippen molar-refractivity contribution in [3.63, 3.8) is 0 Å². The van der Waals surface area contributed by atoms with Gasteiger partial charge >= 0.3 is 6.18 Å². The fourth-order valence-electron chi connectivity index (χ4n) is 2.43. The number of alkyl halides is 3. The summed E-state index contributed by atoms with van der Waals surface area (Å²) in [5.41, 5.74) is 5.79. The molecule has 1 aromatic rings. The number of nitrogens with zero attached hydrogens (tertiary/aromatic N) is 2. The summed E-state index contributed by atoms with van der Waals surface area (Å²) >= 11 is 0. The van der Waals surface area contributed by atoms with Gasteiger partial charge in [0.05, 0.1) is 11.6 Å². The molecule has 2 rings (SSSR count). The number of amidine groups is 1. The molecular formula is C13H15F4N3O. The van der Waals surface area contributed by atoms with Crippen LogP contribution in [-0.2, 0) is 0 Å². The van der Waals surface area contributed by atoms with E-state index in [-0.39, 0.29) is 43.0 Å². The first kappa shape index (κ1) is 15.4. The maximum absolute atomic E-state index is 14.0. The Hall–Kier alpha value is -1.99. The van der Waals surface area contributed by atoms with E-state index in [0.29, 0.717) is 0 Å². The summed E-state index contributed by atoms with van der Waals surface area (Å²) in [7, 11) is 0. The van der Waals surface area contributed by atoms with Crippen molar-refractivity contribution in [2.45, 2.75) is 19.0 Å². The predicted molar refractivity (Wildman–Crippen MR) is 69.9 cm³/mol. The van der Waals surface area contributed by atoms with E-state index >= 15 is 0 Å². The van der Waals surface area contributed by atoms with Gasteiger partial charge in [-0.1, -0.05) is 5.16 Å². The van der Waals surface area contributed by atoms with Gasteiger partial charge in [-0.3, -0.25) is 0 Å². The molecule has 0 atom stereocenters. The van der Waals surface area contributed by atoms with E-state index in [2.05, 4.69) is 5.16 Å². The summed E-state index contributed by atoms with van der Waals surface area (Å²) in [6.07, 6.45) is -4.30. The van der Waals surface area contributed by atoms with Crippen molar-refractivity contribution in [3.05, 3.63) is 29.6 Å². The monoisotopic (exact) mass is 305 g/mol. The second-order valence-corrected chi connectivity index (χ2v) is 4.95. The summed E-state index contributed by atoms with van der Waals surface area (Å²) < 4.78 is 51.8. The number of halogens is 4. The molecule has 0 radical (unpaired) electrons. The quantitative estimate of drug-likeness (QED) is 0.290. The normalized spacial score (nSPS) is 18.1. The predicted octanol–water partition coefficient (Wildman–Crippen LogP) is 2.70. The first-order chi connectivity index (χ1) is 9.82. The number of benzene rings is 1. The van der Waals surface area contributed by atoms with Crippen LogP contribution in [0, 0.1) is 11.7 Å². The van der Waals surface area contributed by atoms with Crippen LogP contribution in [-0.4, -0.2) is 30.3 Å². The molecule has 1 aliphatic rings. The van der Waals surface area contributed by atoms with Crippen molar-refractivity contribution < 1.29 is 22.8 Å². The van der Waals surface area contributed by atoms with Crippen LogP contribution in [0.1, 0.15) is 18.4 Å². The first-order valence-electron chi connectivity index (χ1n) is 6.42.